The van der Waals surface area contributed by atoms with Gasteiger partial charge in [-0.05, 0) is 19.1 Å². The molecule has 1 aromatic rings. The maximum atomic E-state index is 11.4. The van der Waals surface area contributed by atoms with Crippen LogP contribution in [-0.4, -0.2) is 22.8 Å². The average Bonchev–Trinajstić information content (AvgIpc) is 2.21. The van der Waals surface area contributed by atoms with E-state index in [2.05, 4.69) is 4.74 Å². The molecule has 1 rings (SSSR count). The van der Waals surface area contributed by atoms with Gasteiger partial charge in [-0.3, -0.25) is 0 Å². The lowest BCUT2D eigenvalue weighted by Gasteiger charge is -2.06. The van der Waals surface area contributed by atoms with Crippen molar-refractivity contribution in [2.45, 2.75) is 6.92 Å². The molecular weight excluding hydrogens is 198 g/mol. The number of benzene rings is 1. The van der Waals surface area contributed by atoms with Gasteiger partial charge < -0.3 is 14.9 Å². The monoisotopic (exact) mass is 207 g/mol. The second-order valence-electron chi connectivity index (χ2n) is 2.69. The van der Waals surface area contributed by atoms with Crippen LogP contribution in [0.3, 0.4) is 0 Å². The van der Waals surface area contributed by atoms with Gasteiger partial charge >= 0.3 is 5.97 Å². The van der Waals surface area contributed by atoms with Gasteiger partial charge in [0.2, 0.25) is 0 Å². The Bertz CT molecular complexity index is 434. The summed E-state index contributed by atoms with van der Waals surface area (Å²) in [5.74, 6) is -1.58. The maximum Gasteiger partial charge on any atom is 0.343 e. The molecule has 5 nitrogen and oxygen atoms in total. The van der Waals surface area contributed by atoms with Crippen molar-refractivity contribution >= 4 is 5.97 Å². The molecule has 0 aliphatic heterocycles. The zero-order chi connectivity index (χ0) is 11.4. The Morgan fingerprint density at radius 1 is 1.47 bits per heavy atom. The molecular formula is C10H9NO4. The first-order valence-electron chi connectivity index (χ1n) is 4.24. The smallest absolute Gasteiger partial charge is 0.343 e. The highest BCUT2D eigenvalue weighted by Gasteiger charge is 2.20. The Labute approximate surface area is 86.1 Å². The Kier molecular flexibility index (Phi) is 3.13. The molecule has 1 aromatic carbocycles. The van der Waals surface area contributed by atoms with Gasteiger partial charge in [0.15, 0.2) is 0 Å². The molecule has 0 saturated carbocycles. The molecule has 0 radical (unpaired) electrons. The van der Waals surface area contributed by atoms with Crippen LogP contribution in [0.1, 0.15) is 22.8 Å². The van der Waals surface area contributed by atoms with Crippen LogP contribution >= 0.6 is 0 Å². The number of carbonyl (C=O) groups excluding carboxylic acids is 1. The van der Waals surface area contributed by atoms with Crippen molar-refractivity contribution < 1.29 is 19.7 Å². The van der Waals surface area contributed by atoms with E-state index in [0.29, 0.717) is 0 Å². The van der Waals surface area contributed by atoms with Crippen LogP contribution in [0.5, 0.6) is 11.5 Å². The van der Waals surface area contributed by atoms with E-state index < -0.39 is 5.97 Å². The minimum atomic E-state index is -0.831. The van der Waals surface area contributed by atoms with Crippen molar-refractivity contribution in [2.24, 2.45) is 0 Å². The van der Waals surface area contributed by atoms with E-state index in [1.54, 1.807) is 13.0 Å². The molecule has 0 unspecified atom stereocenters. The van der Waals surface area contributed by atoms with Crippen molar-refractivity contribution in [3.05, 3.63) is 23.3 Å². The van der Waals surface area contributed by atoms with Gasteiger partial charge in [0.05, 0.1) is 6.61 Å². The summed E-state index contributed by atoms with van der Waals surface area (Å²) in [5, 5.41) is 27.4. The third-order valence-corrected chi connectivity index (χ3v) is 1.75. The van der Waals surface area contributed by atoms with Gasteiger partial charge in [-0.15, -0.1) is 0 Å². The molecule has 0 spiro atoms. The molecule has 0 aromatic heterocycles. The molecule has 15 heavy (non-hydrogen) atoms. The van der Waals surface area contributed by atoms with Crippen LogP contribution in [0, 0.1) is 11.3 Å². The zero-order valence-electron chi connectivity index (χ0n) is 8.02. The molecule has 0 bridgehead atoms. The molecule has 0 saturated heterocycles. The van der Waals surface area contributed by atoms with Crippen LogP contribution < -0.4 is 0 Å². The van der Waals surface area contributed by atoms with Crippen LogP contribution in [0.4, 0.5) is 0 Å². The van der Waals surface area contributed by atoms with E-state index in [0.717, 1.165) is 12.1 Å². The summed E-state index contributed by atoms with van der Waals surface area (Å²) >= 11 is 0. The van der Waals surface area contributed by atoms with Gasteiger partial charge in [0.1, 0.15) is 28.7 Å². The predicted molar refractivity (Wildman–Crippen MR) is 50.4 cm³/mol. The minimum absolute atomic E-state index is 0.124. The number of rotatable bonds is 2. The summed E-state index contributed by atoms with van der Waals surface area (Å²) in [6.45, 7) is 1.72. The molecule has 0 atom stereocenters. The number of aromatic hydroxyl groups is 2. The Balaban J connectivity index is 3.33. The summed E-state index contributed by atoms with van der Waals surface area (Å²) in [6, 6.07) is 3.90. The van der Waals surface area contributed by atoms with Crippen molar-refractivity contribution in [3.63, 3.8) is 0 Å². The second kappa shape index (κ2) is 4.33. The van der Waals surface area contributed by atoms with Gasteiger partial charge in [0.25, 0.3) is 0 Å². The highest BCUT2D eigenvalue weighted by Crippen LogP contribution is 2.28. The zero-order valence-corrected chi connectivity index (χ0v) is 8.02. The summed E-state index contributed by atoms with van der Waals surface area (Å²) in [6.07, 6.45) is 0. The van der Waals surface area contributed by atoms with E-state index in [4.69, 9.17) is 5.26 Å². The SMILES string of the molecule is CCOC(=O)c1c(O)ccc(O)c1C#N. The maximum absolute atomic E-state index is 11.4. The number of hydrogen-bond donors (Lipinski definition) is 2. The van der Waals surface area contributed by atoms with Crippen LogP contribution in [0.2, 0.25) is 0 Å². The summed E-state index contributed by atoms with van der Waals surface area (Å²) < 4.78 is 4.65. The first kappa shape index (κ1) is 10.9. The van der Waals surface area contributed by atoms with Crippen LogP contribution in [0.15, 0.2) is 12.1 Å². The molecule has 78 valence electrons. The number of nitrogens with zero attached hydrogens (tertiary/aromatic N) is 1. The lowest BCUT2D eigenvalue weighted by Crippen LogP contribution is -2.07. The Morgan fingerprint density at radius 2 is 2.07 bits per heavy atom. The number of phenolic OH excluding ortho intramolecular Hbond substituents is 2. The van der Waals surface area contributed by atoms with Gasteiger partial charge in [-0.2, -0.15) is 5.26 Å². The Morgan fingerprint density at radius 3 is 2.60 bits per heavy atom. The van der Waals surface area contributed by atoms with E-state index >= 15 is 0 Å². The minimum Gasteiger partial charge on any atom is -0.507 e. The van der Waals surface area contributed by atoms with Crippen molar-refractivity contribution in [3.8, 4) is 17.6 Å². The van der Waals surface area contributed by atoms with E-state index in [-0.39, 0.29) is 29.2 Å². The lowest BCUT2D eigenvalue weighted by atomic mass is 10.1. The third kappa shape index (κ3) is 1.99. The molecule has 2 N–H and O–H groups in total. The van der Waals surface area contributed by atoms with E-state index in [1.807, 2.05) is 0 Å². The van der Waals surface area contributed by atoms with Gasteiger partial charge in [-0.25, -0.2) is 4.79 Å². The first-order chi connectivity index (χ1) is 7.11. The second-order valence-corrected chi connectivity index (χ2v) is 2.69. The van der Waals surface area contributed by atoms with E-state index in [1.165, 1.54) is 0 Å². The molecule has 0 fully saturated rings. The highest BCUT2D eigenvalue weighted by atomic mass is 16.5. The number of carbonyl (C=O) groups is 1. The largest absolute Gasteiger partial charge is 0.507 e. The number of nitriles is 1. The Hall–Kier alpha value is -2.22. The van der Waals surface area contributed by atoms with Crippen molar-refractivity contribution in [2.75, 3.05) is 6.61 Å². The topological polar surface area (TPSA) is 90.6 Å². The fraction of sp³-hybridized carbons (Fsp3) is 0.200. The van der Waals surface area contributed by atoms with E-state index in [9.17, 15) is 15.0 Å². The summed E-state index contributed by atoms with van der Waals surface area (Å²) in [5.41, 5.74) is -0.590. The fourth-order valence-electron chi connectivity index (χ4n) is 1.10. The molecule has 0 aliphatic carbocycles. The van der Waals surface area contributed by atoms with Crippen LogP contribution in [0.25, 0.3) is 0 Å². The van der Waals surface area contributed by atoms with Crippen molar-refractivity contribution in [1.82, 2.24) is 0 Å². The number of esters is 1. The number of hydrogen-bond acceptors (Lipinski definition) is 5. The van der Waals surface area contributed by atoms with Crippen molar-refractivity contribution in [1.29, 1.82) is 5.26 Å². The standard InChI is InChI=1S/C10H9NO4/c1-2-15-10(14)9-6(5-11)7(12)3-4-8(9)13/h3-4,12-13H,2H2,1H3. The van der Waals surface area contributed by atoms with Gasteiger partial charge in [-0.1, -0.05) is 0 Å². The predicted octanol–water partition coefficient (Wildman–Crippen LogP) is 1.15. The summed E-state index contributed by atoms with van der Waals surface area (Å²) in [4.78, 5) is 11.4. The molecule has 5 heteroatoms. The highest BCUT2D eigenvalue weighted by molar-refractivity contribution is 5.96. The molecule has 0 amide bonds. The average molecular weight is 207 g/mol. The summed E-state index contributed by atoms with van der Waals surface area (Å²) in [7, 11) is 0. The lowest BCUT2D eigenvalue weighted by molar-refractivity contribution is 0.0522. The van der Waals surface area contributed by atoms with Gasteiger partial charge in [0, 0.05) is 0 Å². The van der Waals surface area contributed by atoms with Crippen LogP contribution in [-0.2, 0) is 4.74 Å². The number of ether oxygens (including phenoxy) is 1. The quantitative estimate of drug-likeness (QED) is 0.560. The molecule has 0 heterocycles. The fourth-order valence-corrected chi connectivity index (χ4v) is 1.10. The first-order valence-corrected chi connectivity index (χ1v) is 4.24. The third-order valence-electron chi connectivity index (χ3n) is 1.75. The molecule has 0 aliphatic rings. The normalized spacial score (nSPS) is 9.33. The number of phenols is 2.